The van der Waals surface area contributed by atoms with Crippen LogP contribution in [0.3, 0.4) is 0 Å². The van der Waals surface area contributed by atoms with Gasteiger partial charge in [0.05, 0.1) is 26.0 Å². The van der Waals surface area contributed by atoms with Crippen molar-refractivity contribution in [3.05, 3.63) is 90.0 Å². The largest absolute Gasteiger partial charge is 0.496 e. The van der Waals surface area contributed by atoms with E-state index in [1.54, 1.807) is 14.2 Å². The molecule has 1 aliphatic rings. The van der Waals surface area contributed by atoms with Gasteiger partial charge in [-0.15, -0.1) is 0 Å². The smallest absolute Gasteiger partial charge is 0.144 e. The molecule has 0 spiro atoms. The fraction of sp³-hybridized carbons (Fsp3) is 0.174. The molecule has 0 saturated carbocycles. The molecule has 136 valence electrons. The first-order valence-corrected chi connectivity index (χ1v) is 9.00. The standard InChI is InChI=1S/C23H22N2O2/c1-26-22-14-8-6-12-18(22)19-16-21(17-10-4-3-5-11-17)25(24-19)20-13-7-9-15-23(20)27-2/h3-15,21H,16H2,1-2H3. The Morgan fingerprint density at radius 3 is 2.15 bits per heavy atom. The molecule has 4 nitrogen and oxygen atoms in total. The summed E-state index contributed by atoms with van der Waals surface area (Å²) in [7, 11) is 3.39. The van der Waals surface area contributed by atoms with E-state index in [4.69, 9.17) is 14.6 Å². The van der Waals surface area contributed by atoms with Gasteiger partial charge in [-0.3, -0.25) is 5.01 Å². The van der Waals surface area contributed by atoms with Crippen LogP contribution in [0.25, 0.3) is 0 Å². The Labute approximate surface area is 159 Å². The van der Waals surface area contributed by atoms with Crippen LogP contribution in [0, 0.1) is 0 Å². The molecule has 1 unspecified atom stereocenters. The maximum Gasteiger partial charge on any atom is 0.144 e. The van der Waals surface area contributed by atoms with Crippen LogP contribution in [-0.4, -0.2) is 19.9 Å². The first kappa shape index (κ1) is 17.2. The average Bonchev–Trinajstić information content (AvgIpc) is 3.19. The molecule has 0 amide bonds. The van der Waals surface area contributed by atoms with Crippen LogP contribution in [0.5, 0.6) is 11.5 Å². The fourth-order valence-electron chi connectivity index (χ4n) is 3.53. The van der Waals surface area contributed by atoms with Gasteiger partial charge in [0.2, 0.25) is 0 Å². The monoisotopic (exact) mass is 358 g/mol. The first-order chi connectivity index (χ1) is 13.3. The van der Waals surface area contributed by atoms with Crippen LogP contribution < -0.4 is 14.5 Å². The lowest BCUT2D eigenvalue weighted by atomic mass is 9.97. The Kier molecular flexibility index (Phi) is 4.79. The van der Waals surface area contributed by atoms with Crippen molar-refractivity contribution in [1.82, 2.24) is 0 Å². The number of benzene rings is 3. The zero-order valence-corrected chi connectivity index (χ0v) is 15.5. The number of hydrazone groups is 1. The van der Waals surface area contributed by atoms with Crippen molar-refractivity contribution < 1.29 is 9.47 Å². The van der Waals surface area contributed by atoms with Crippen LogP contribution in [-0.2, 0) is 0 Å². The molecule has 0 aromatic heterocycles. The first-order valence-electron chi connectivity index (χ1n) is 9.00. The van der Waals surface area contributed by atoms with Gasteiger partial charge in [0.15, 0.2) is 0 Å². The molecule has 0 fully saturated rings. The summed E-state index contributed by atoms with van der Waals surface area (Å²) in [6, 6.07) is 26.6. The Morgan fingerprint density at radius 2 is 1.41 bits per heavy atom. The second-order valence-electron chi connectivity index (χ2n) is 6.39. The summed E-state index contributed by atoms with van der Waals surface area (Å²) in [5.74, 6) is 1.65. The van der Waals surface area contributed by atoms with Crippen molar-refractivity contribution in [2.45, 2.75) is 12.5 Å². The van der Waals surface area contributed by atoms with E-state index in [2.05, 4.69) is 35.3 Å². The van der Waals surface area contributed by atoms with Crippen LogP contribution in [0.15, 0.2) is 84.0 Å². The molecular weight excluding hydrogens is 336 g/mol. The topological polar surface area (TPSA) is 34.1 Å². The fourth-order valence-corrected chi connectivity index (χ4v) is 3.53. The lowest BCUT2D eigenvalue weighted by Gasteiger charge is -2.25. The van der Waals surface area contributed by atoms with Gasteiger partial charge < -0.3 is 9.47 Å². The van der Waals surface area contributed by atoms with Crippen molar-refractivity contribution >= 4 is 11.4 Å². The van der Waals surface area contributed by atoms with E-state index in [9.17, 15) is 0 Å². The molecule has 4 rings (SSSR count). The van der Waals surface area contributed by atoms with E-state index in [0.717, 1.165) is 34.9 Å². The highest BCUT2D eigenvalue weighted by Crippen LogP contribution is 2.41. The Hall–Kier alpha value is -3.27. The van der Waals surface area contributed by atoms with Gasteiger partial charge in [0.1, 0.15) is 17.2 Å². The normalized spacial score (nSPS) is 16.1. The molecule has 1 heterocycles. The third-order valence-corrected chi connectivity index (χ3v) is 4.84. The molecular formula is C23H22N2O2. The second-order valence-corrected chi connectivity index (χ2v) is 6.39. The van der Waals surface area contributed by atoms with Crippen molar-refractivity contribution in [1.29, 1.82) is 0 Å². The van der Waals surface area contributed by atoms with Gasteiger partial charge in [0.25, 0.3) is 0 Å². The van der Waals surface area contributed by atoms with Gasteiger partial charge in [-0.1, -0.05) is 54.6 Å². The van der Waals surface area contributed by atoms with Crippen LogP contribution >= 0.6 is 0 Å². The molecule has 1 aliphatic heterocycles. The van der Waals surface area contributed by atoms with E-state index in [1.165, 1.54) is 5.56 Å². The number of ether oxygens (including phenoxy) is 2. The van der Waals surface area contributed by atoms with Crippen LogP contribution in [0.1, 0.15) is 23.6 Å². The number of hydrogen-bond acceptors (Lipinski definition) is 4. The summed E-state index contributed by atoms with van der Waals surface area (Å²) < 4.78 is 11.2. The van der Waals surface area contributed by atoms with Gasteiger partial charge in [-0.2, -0.15) is 5.10 Å². The average molecular weight is 358 g/mol. The zero-order valence-electron chi connectivity index (χ0n) is 15.5. The number of hydrogen-bond donors (Lipinski definition) is 0. The van der Waals surface area contributed by atoms with Gasteiger partial charge in [0, 0.05) is 12.0 Å². The van der Waals surface area contributed by atoms with Gasteiger partial charge >= 0.3 is 0 Å². The van der Waals surface area contributed by atoms with Gasteiger partial charge in [-0.05, 0) is 29.8 Å². The maximum atomic E-state index is 5.59. The second kappa shape index (κ2) is 7.54. The van der Waals surface area contributed by atoms with E-state index in [-0.39, 0.29) is 6.04 Å². The van der Waals surface area contributed by atoms with Crippen molar-refractivity contribution in [3.8, 4) is 11.5 Å². The molecule has 0 saturated heterocycles. The lowest BCUT2D eigenvalue weighted by Crippen LogP contribution is -2.19. The third kappa shape index (κ3) is 3.26. The van der Waals surface area contributed by atoms with E-state index in [1.807, 2.05) is 48.5 Å². The lowest BCUT2D eigenvalue weighted by molar-refractivity contribution is 0.413. The molecule has 1 atom stereocenters. The SMILES string of the molecule is COc1ccccc1C1=NN(c2ccccc2OC)C(c2ccccc2)C1. The van der Waals surface area contributed by atoms with Crippen LogP contribution in [0.4, 0.5) is 5.69 Å². The minimum absolute atomic E-state index is 0.0995. The summed E-state index contributed by atoms with van der Waals surface area (Å²) in [5, 5.41) is 7.06. The maximum absolute atomic E-state index is 5.59. The van der Waals surface area contributed by atoms with E-state index >= 15 is 0 Å². The summed E-state index contributed by atoms with van der Waals surface area (Å²) in [6.07, 6.45) is 0.794. The van der Waals surface area contributed by atoms with Gasteiger partial charge in [-0.25, -0.2) is 0 Å². The Balaban J connectivity index is 1.82. The molecule has 3 aromatic carbocycles. The van der Waals surface area contributed by atoms with E-state index in [0.29, 0.717) is 0 Å². The zero-order chi connectivity index (χ0) is 18.6. The molecule has 0 aliphatic carbocycles. The molecule has 0 bridgehead atoms. The Bertz CT molecular complexity index is 953. The van der Waals surface area contributed by atoms with Crippen LogP contribution in [0.2, 0.25) is 0 Å². The summed E-state index contributed by atoms with van der Waals surface area (Å²) in [6.45, 7) is 0. The Morgan fingerprint density at radius 1 is 0.778 bits per heavy atom. The van der Waals surface area contributed by atoms with Crippen molar-refractivity contribution in [3.63, 3.8) is 0 Å². The minimum Gasteiger partial charge on any atom is -0.496 e. The minimum atomic E-state index is 0.0995. The summed E-state index contributed by atoms with van der Waals surface area (Å²) >= 11 is 0. The number of methoxy groups -OCH3 is 2. The molecule has 3 aromatic rings. The summed E-state index contributed by atoms with van der Waals surface area (Å²) in [4.78, 5) is 0. The predicted molar refractivity (Wildman–Crippen MR) is 109 cm³/mol. The van der Waals surface area contributed by atoms with E-state index < -0.39 is 0 Å². The quantitative estimate of drug-likeness (QED) is 0.639. The highest BCUT2D eigenvalue weighted by molar-refractivity contribution is 6.05. The number of para-hydroxylation sites is 3. The molecule has 0 N–H and O–H groups in total. The molecule has 4 heteroatoms. The predicted octanol–water partition coefficient (Wildman–Crippen LogP) is 5.06. The molecule has 27 heavy (non-hydrogen) atoms. The number of nitrogens with zero attached hydrogens (tertiary/aromatic N) is 2. The summed E-state index contributed by atoms with van der Waals surface area (Å²) in [5.41, 5.74) is 4.21. The third-order valence-electron chi connectivity index (χ3n) is 4.84. The number of rotatable bonds is 5. The highest BCUT2D eigenvalue weighted by Gasteiger charge is 2.32. The van der Waals surface area contributed by atoms with Crippen molar-refractivity contribution in [2.24, 2.45) is 5.10 Å². The number of anilines is 1. The van der Waals surface area contributed by atoms with Crippen molar-refractivity contribution in [2.75, 3.05) is 19.2 Å². The molecule has 0 radical (unpaired) electrons. The highest BCUT2D eigenvalue weighted by atomic mass is 16.5.